The van der Waals surface area contributed by atoms with Gasteiger partial charge in [0.1, 0.15) is 0 Å². The van der Waals surface area contributed by atoms with Crippen molar-refractivity contribution in [3.63, 3.8) is 0 Å². The lowest BCUT2D eigenvalue weighted by Gasteiger charge is -2.17. The quantitative estimate of drug-likeness (QED) is 0.225. The second-order valence-corrected chi connectivity index (χ2v) is 9.54. The minimum absolute atomic E-state index is 1.00. The van der Waals surface area contributed by atoms with Crippen LogP contribution in [0.3, 0.4) is 0 Å². The molecule has 0 amide bonds. The van der Waals surface area contributed by atoms with Gasteiger partial charge in [0.2, 0.25) is 0 Å². The first-order chi connectivity index (χ1) is 17.9. The Balaban J connectivity index is 1.60. The molecule has 36 heavy (non-hydrogen) atoms. The van der Waals surface area contributed by atoms with Gasteiger partial charge < -0.3 is 0 Å². The molecule has 1 heteroatoms. The van der Waals surface area contributed by atoms with Gasteiger partial charge in [-0.05, 0) is 72.1 Å². The topological polar surface area (TPSA) is 12.9 Å². The Morgan fingerprint density at radius 3 is 1.50 bits per heavy atom. The Morgan fingerprint density at radius 2 is 0.861 bits per heavy atom. The van der Waals surface area contributed by atoms with E-state index in [2.05, 4.69) is 127 Å². The third-order valence-corrected chi connectivity index (χ3v) is 7.60. The SMILES string of the molecule is c1ccc2nc(-c3ccc4c5ccccc5c5c6ccccc6c6ccccc6c5c4c3)ccc2c1. The lowest BCUT2D eigenvalue weighted by molar-refractivity contribution is 1.40. The number of hydrogen-bond donors (Lipinski definition) is 0. The molecular weight excluding hydrogens is 434 g/mol. The van der Waals surface area contributed by atoms with Crippen molar-refractivity contribution in [3.8, 4) is 11.3 Å². The van der Waals surface area contributed by atoms with Crippen molar-refractivity contribution in [2.75, 3.05) is 0 Å². The standard InChI is InChI=1S/C35H21N/c1-8-16-32-22(9-1)18-20-33(36-32)23-17-19-27-26-12-4-6-14-29(26)34-28-13-5-2-10-24(28)25-11-3-7-15-30(25)35(34)31(27)21-23/h1-21H. The molecule has 0 atom stereocenters. The third kappa shape index (κ3) is 2.68. The van der Waals surface area contributed by atoms with Crippen molar-refractivity contribution in [2.24, 2.45) is 0 Å². The molecule has 0 unspecified atom stereocenters. The summed E-state index contributed by atoms with van der Waals surface area (Å²) in [7, 11) is 0. The lowest BCUT2D eigenvalue weighted by atomic mass is 9.86. The molecule has 0 aliphatic carbocycles. The van der Waals surface area contributed by atoms with Crippen LogP contribution in [0, 0.1) is 0 Å². The van der Waals surface area contributed by atoms with Gasteiger partial charge in [0, 0.05) is 10.9 Å². The van der Waals surface area contributed by atoms with Crippen molar-refractivity contribution in [1.29, 1.82) is 0 Å². The first kappa shape index (κ1) is 19.5. The molecule has 0 spiro atoms. The maximum Gasteiger partial charge on any atom is 0.0709 e. The van der Waals surface area contributed by atoms with Crippen LogP contribution in [0.1, 0.15) is 0 Å². The molecule has 8 rings (SSSR count). The van der Waals surface area contributed by atoms with Crippen LogP contribution in [0.2, 0.25) is 0 Å². The highest BCUT2D eigenvalue weighted by Gasteiger charge is 2.16. The summed E-state index contributed by atoms with van der Waals surface area (Å²) in [6.45, 7) is 0. The first-order valence-electron chi connectivity index (χ1n) is 12.4. The van der Waals surface area contributed by atoms with Crippen LogP contribution in [-0.2, 0) is 0 Å². The van der Waals surface area contributed by atoms with E-state index in [0.717, 1.165) is 22.2 Å². The highest BCUT2D eigenvalue weighted by molar-refractivity contribution is 6.39. The maximum atomic E-state index is 5.01. The molecule has 1 aromatic heterocycles. The molecule has 0 bridgehead atoms. The second-order valence-electron chi connectivity index (χ2n) is 9.54. The first-order valence-corrected chi connectivity index (χ1v) is 12.4. The van der Waals surface area contributed by atoms with Crippen LogP contribution in [0.5, 0.6) is 0 Å². The average Bonchev–Trinajstić information content (AvgIpc) is 2.96. The molecule has 8 aromatic rings. The van der Waals surface area contributed by atoms with Crippen LogP contribution >= 0.6 is 0 Å². The summed E-state index contributed by atoms with van der Waals surface area (Å²) in [5.74, 6) is 0. The number of para-hydroxylation sites is 1. The Bertz CT molecular complexity index is 2140. The van der Waals surface area contributed by atoms with E-state index in [0.29, 0.717) is 0 Å². The molecule has 0 aliphatic heterocycles. The van der Waals surface area contributed by atoms with Gasteiger partial charge in [-0.2, -0.15) is 0 Å². The minimum atomic E-state index is 1.00. The third-order valence-electron chi connectivity index (χ3n) is 7.60. The van der Waals surface area contributed by atoms with Gasteiger partial charge >= 0.3 is 0 Å². The molecule has 0 aliphatic rings. The van der Waals surface area contributed by atoms with E-state index >= 15 is 0 Å². The summed E-state index contributed by atoms with van der Waals surface area (Å²) in [6, 6.07) is 46.0. The van der Waals surface area contributed by atoms with Gasteiger partial charge in [-0.25, -0.2) is 4.98 Å². The van der Waals surface area contributed by atoms with E-state index in [1.54, 1.807) is 0 Å². The Labute approximate surface area is 208 Å². The Morgan fingerprint density at radius 1 is 0.361 bits per heavy atom. The normalized spacial score (nSPS) is 11.9. The molecule has 0 saturated carbocycles. The van der Waals surface area contributed by atoms with Crippen LogP contribution in [0.15, 0.2) is 127 Å². The van der Waals surface area contributed by atoms with Crippen LogP contribution in [-0.4, -0.2) is 4.98 Å². The summed E-state index contributed by atoms with van der Waals surface area (Å²) in [5, 5.41) is 14.2. The fourth-order valence-corrected chi connectivity index (χ4v) is 6.01. The van der Waals surface area contributed by atoms with E-state index < -0.39 is 0 Å². The van der Waals surface area contributed by atoms with Gasteiger partial charge in [-0.15, -0.1) is 0 Å². The highest BCUT2D eigenvalue weighted by atomic mass is 14.7. The minimum Gasteiger partial charge on any atom is -0.248 e. The van der Waals surface area contributed by atoms with Crippen molar-refractivity contribution in [1.82, 2.24) is 4.98 Å². The Kier molecular flexibility index (Phi) is 4.00. The molecule has 0 saturated heterocycles. The van der Waals surface area contributed by atoms with Crippen molar-refractivity contribution >= 4 is 64.8 Å². The number of benzene rings is 7. The molecule has 1 nitrogen and oxygen atoms in total. The van der Waals surface area contributed by atoms with Gasteiger partial charge in [-0.1, -0.05) is 109 Å². The summed E-state index contributed by atoms with van der Waals surface area (Å²) < 4.78 is 0. The van der Waals surface area contributed by atoms with E-state index in [4.69, 9.17) is 4.98 Å². The molecule has 1 heterocycles. The van der Waals surface area contributed by atoms with Gasteiger partial charge in [-0.3, -0.25) is 0 Å². The molecule has 0 radical (unpaired) electrons. The number of nitrogens with zero attached hydrogens (tertiary/aromatic N) is 1. The van der Waals surface area contributed by atoms with Gasteiger partial charge in [0.05, 0.1) is 11.2 Å². The van der Waals surface area contributed by atoms with Gasteiger partial charge in [0.15, 0.2) is 0 Å². The molecule has 0 N–H and O–H groups in total. The van der Waals surface area contributed by atoms with Crippen molar-refractivity contribution in [2.45, 2.75) is 0 Å². The maximum absolute atomic E-state index is 5.01. The van der Waals surface area contributed by atoms with Crippen LogP contribution < -0.4 is 0 Å². The summed E-state index contributed by atoms with van der Waals surface area (Å²) in [6.07, 6.45) is 0. The molecule has 166 valence electrons. The van der Waals surface area contributed by atoms with E-state index in [-0.39, 0.29) is 0 Å². The number of fused-ring (bicyclic) bond motifs is 12. The predicted octanol–water partition coefficient (Wildman–Crippen LogP) is 9.67. The van der Waals surface area contributed by atoms with Crippen LogP contribution in [0.4, 0.5) is 0 Å². The summed E-state index contributed by atoms with van der Waals surface area (Å²) in [4.78, 5) is 5.01. The monoisotopic (exact) mass is 455 g/mol. The zero-order chi connectivity index (χ0) is 23.6. The largest absolute Gasteiger partial charge is 0.248 e. The number of rotatable bonds is 1. The van der Waals surface area contributed by atoms with E-state index in [1.165, 1.54) is 53.9 Å². The predicted molar refractivity (Wildman–Crippen MR) is 155 cm³/mol. The Hall–Kier alpha value is -4.75. The highest BCUT2D eigenvalue weighted by Crippen LogP contribution is 2.44. The van der Waals surface area contributed by atoms with Crippen molar-refractivity contribution in [3.05, 3.63) is 127 Å². The fraction of sp³-hybridized carbons (Fsp3) is 0. The van der Waals surface area contributed by atoms with E-state index in [1.807, 2.05) is 0 Å². The van der Waals surface area contributed by atoms with Crippen molar-refractivity contribution < 1.29 is 0 Å². The lowest BCUT2D eigenvalue weighted by Crippen LogP contribution is -1.90. The zero-order valence-electron chi connectivity index (χ0n) is 19.6. The number of pyridine rings is 1. The summed E-state index contributed by atoms with van der Waals surface area (Å²) >= 11 is 0. The summed E-state index contributed by atoms with van der Waals surface area (Å²) in [5.41, 5.74) is 3.17. The number of aromatic nitrogens is 1. The smallest absolute Gasteiger partial charge is 0.0709 e. The number of hydrogen-bond acceptors (Lipinski definition) is 1. The second kappa shape index (κ2) is 7.37. The zero-order valence-corrected chi connectivity index (χ0v) is 19.6. The molecular formula is C35H21N. The fourth-order valence-electron chi connectivity index (χ4n) is 6.01. The average molecular weight is 456 g/mol. The van der Waals surface area contributed by atoms with Crippen LogP contribution in [0.25, 0.3) is 76.0 Å². The van der Waals surface area contributed by atoms with E-state index in [9.17, 15) is 0 Å². The molecule has 7 aromatic carbocycles. The molecule has 0 fully saturated rings. The van der Waals surface area contributed by atoms with Gasteiger partial charge in [0.25, 0.3) is 0 Å².